The van der Waals surface area contributed by atoms with Crippen LogP contribution in [0.4, 0.5) is 0 Å². The predicted octanol–water partition coefficient (Wildman–Crippen LogP) is 2.33. The van der Waals surface area contributed by atoms with Crippen LogP contribution in [0.2, 0.25) is 0 Å². The van der Waals surface area contributed by atoms with Crippen molar-refractivity contribution in [1.82, 2.24) is 14.7 Å². The van der Waals surface area contributed by atoms with Crippen molar-refractivity contribution in [2.45, 2.75) is 38.6 Å². The number of pyridine rings is 1. The average molecular weight is 299 g/mol. The Hall–Kier alpha value is -1.88. The summed E-state index contributed by atoms with van der Waals surface area (Å²) in [6.45, 7) is 3.54. The standard InChI is InChI=1S/C17H21N3O2/c1-12-15(20-9-3-2-4-14(20)18-12)16(21)19-13-5-6-17(13)7-10-22-11-8-17/h2-4,9,13H,5-8,10-11H2,1H3,(H,19,21). The number of rotatable bonds is 2. The van der Waals surface area contributed by atoms with Gasteiger partial charge < -0.3 is 10.1 Å². The Bertz CT molecular complexity index is 716. The number of fused-ring (bicyclic) bond motifs is 1. The van der Waals surface area contributed by atoms with Gasteiger partial charge in [-0.2, -0.15) is 0 Å². The number of aryl methyl sites for hydroxylation is 1. The highest BCUT2D eigenvalue weighted by atomic mass is 16.5. The molecule has 2 fully saturated rings. The molecule has 2 aliphatic rings. The van der Waals surface area contributed by atoms with E-state index in [4.69, 9.17) is 4.74 Å². The summed E-state index contributed by atoms with van der Waals surface area (Å²) in [6.07, 6.45) is 6.29. The van der Waals surface area contributed by atoms with Gasteiger partial charge in [-0.25, -0.2) is 4.98 Å². The van der Waals surface area contributed by atoms with E-state index in [1.165, 1.54) is 6.42 Å². The quantitative estimate of drug-likeness (QED) is 0.926. The Morgan fingerprint density at radius 3 is 2.91 bits per heavy atom. The Morgan fingerprint density at radius 1 is 1.36 bits per heavy atom. The molecule has 1 aliphatic carbocycles. The lowest BCUT2D eigenvalue weighted by Crippen LogP contribution is -2.57. The van der Waals surface area contributed by atoms with E-state index in [0.29, 0.717) is 5.69 Å². The number of aromatic nitrogens is 2. The summed E-state index contributed by atoms with van der Waals surface area (Å²) in [4.78, 5) is 17.2. The Morgan fingerprint density at radius 2 is 2.18 bits per heavy atom. The van der Waals surface area contributed by atoms with Gasteiger partial charge in [-0.05, 0) is 50.2 Å². The molecular weight excluding hydrogens is 278 g/mol. The van der Waals surface area contributed by atoms with Gasteiger partial charge in [0.2, 0.25) is 0 Å². The first-order valence-electron chi connectivity index (χ1n) is 8.02. The molecule has 0 radical (unpaired) electrons. The first-order valence-corrected chi connectivity index (χ1v) is 8.02. The van der Waals surface area contributed by atoms with Crippen LogP contribution < -0.4 is 5.32 Å². The van der Waals surface area contributed by atoms with Gasteiger partial charge in [-0.1, -0.05) is 6.07 Å². The smallest absolute Gasteiger partial charge is 0.270 e. The van der Waals surface area contributed by atoms with Gasteiger partial charge in [0.1, 0.15) is 11.3 Å². The van der Waals surface area contributed by atoms with Crippen molar-refractivity contribution < 1.29 is 9.53 Å². The summed E-state index contributed by atoms with van der Waals surface area (Å²) in [7, 11) is 0. The highest BCUT2D eigenvalue weighted by Gasteiger charge is 2.48. The Labute approximate surface area is 129 Å². The van der Waals surface area contributed by atoms with Gasteiger partial charge in [0, 0.05) is 25.5 Å². The van der Waals surface area contributed by atoms with E-state index >= 15 is 0 Å². The van der Waals surface area contributed by atoms with Crippen LogP contribution in [0.15, 0.2) is 24.4 Å². The molecule has 1 unspecified atom stereocenters. The number of nitrogens with zero attached hydrogens (tertiary/aromatic N) is 2. The minimum atomic E-state index is -0.00762. The van der Waals surface area contributed by atoms with Gasteiger partial charge in [-0.15, -0.1) is 0 Å². The molecule has 4 rings (SSSR count). The fraction of sp³-hybridized carbons (Fsp3) is 0.529. The second kappa shape index (κ2) is 5.09. The lowest BCUT2D eigenvalue weighted by Gasteiger charge is -2.52. The molecule has 1 aliphatic heterocycles. The second-order valence-electron chi connectivity index (χ2n) is 6.51. The van der Waals surface area contributed by atoms with Gasteiger partial charge in [0.15, 0.2) is 0 Å². The molecular formula is C17H21N3O2. The fourth-order valence-corrected chi connectivity index (χ4v) is 3.91. The highest BCUT2D eigenvalue weighted by Crippen LogP contribution is 2.48. The van der Waals surface area contributed by atoms with Gasteiger partial charge in [-0.3, -0.25) is 9.20 Å². The summed E-state index contributed by atoms with van der Waals surface area (Å²) in [5.41, 5.74) is 2.52. The monoisotopic (exact) mass is 299 g/mol. The third-order valence-corrected chi connectivity index (χ3v) is 5.38. The first kappa shape index (κ1) is 13.8. The minimum Gasteiger partial charge on any atom is -0.381 e. The maximum Gasteiger partial charge on any atom is 0.270 e. The third-order valence-electron chi connectivity index (χ3n) is 5.38. The largest absolute Gasteiger partial charge is 0.381 e. The molecule has 1 saturated carbocycles. The van der Waals surface area contributed by atoms with Crippen LogP contribution >= 0.6 is 0 Å². The van der Waals surface area contributed by atoms with Crippen LogP contribution in [0.25, 0.3) is 5.65 Å². The number of hydrogen-bond donors (Lipinski definition) is 1. The number of hydrogen-bond acceptors (Lipinski definition) is 3. The summed E-state index contributed by atoms with van der Waals surface area (Å²) in [6, 6.07) is 6.06. The molecule has 1 spiro atoms. The highest BCUT2D eigenvalue weighted by molar-refractivity contribution is 5.95. The van der Waals surface area contributed by atoms with E-state index in [-0.39, 0.29) is 17.4 Å². The third kappa shape index (κ3) is 2.03. The molecule has 5 heteroatoms. The van der Waals surface area contributed by atoms with Crippen molar-refractivity contribution in [2.75, 3.05) is 13.2 Å². The predicted molar refractivity (Wildman–Crippen MR) is 82.9 cm³/mol. The van der Waals surface area contributed by atoms with E-state index in [2.05, 4.69) is 10.3 Å². The van der Waals surface area contributed by atoms with E-state index in [1.807, 2.05) is 35.7 Å². The summed E-state index contributed by atoms with van der Waals surface area (Å²) in [5.74, 6) is -0.00762. The number of carbonyl (C=O) groups is 1. The lowest BCUT2D eigenvalue weighted by molar-refractivity contribution is -0.0523. The van der Waals surface area contributed by atoms with Crippen molar-refractivity contribution in [3.8, 4) is 0 Å². The van der Waals surface area contributed by atoms with Crippen molar-refractivity contribution in [3.63, 3.8) is 0 Å². The SMILES string of the molecule is Cc1nc2ccccn2c1C(=O)NC1CCC12CCOCC2. The zero-order valence-corrected chi connectivity index (χ0v) is 12.8. The molecule has 0 bridgehead atoms. The van der Waals surface area contributed by atoms with E-state index < -0.39 is 0 Å². The fourth-order valence-electron chi connectivity index (χ4n) is 3.91. The van der Waals surface area contributed by atoms with Crippen LogP contribution in [0.5, 0.6) is 0 Å². The van der Waals surface area contributed by atoms with E-state index in [0.717, 1.165) is 43.8 Å². The van der Waals surface area contributed by atoms with Crippen molar-refractivity contribution >= 4 is 11.6 Å². The Kier molecular flexibility index (Phi) is 3.18. The lowest BCUT2D eigenvalue weighted by atomic mass is 9.60. The number of ether oxygens (including phenoxy) is 1. The molecule has 5 nitrogen and oxygen atoms in total. The molecule has 0 aromatic carbocycles. The minimum absolute atomic E-state index is 0.00762. The van der Waals surface area contributed by atoms with Gasteiger partial charge in [0.05, 0.1) is 5.69 Å². The van der Waals surface area contributed by atoms with Crippen molar-refractivity contribution in [3.05, 3.63) is 35.8 Å². The first-order chi connectivity index (χ1) is 10.7. The van der Waals surface area contributed by atoms with Gasteiger partial charge >= 0.3 is 0 Å². The number of amides is 1. The van der Waals surface area contributed by atoms with Crippen molar-refractivity contribution in [1.29, 1.82) is 0 Å². The molecule has 1 N–H and O–H groups in total. The van der Waals surface area contributed by atoms with Crippen LogP contribution in [0.1, 0.15) is 41.9 Å². The molecule has 2 aromatic rings. The second-order valence-corrected chi connectivity index (χ2v) is 6.51. The van der Waals surface area contributed by atoms with E-state index in [9.17, 15) is 4.79 Å². The zero-order chi connectivity index (χ0) is 15.2. The molecule has 1 saturated heterocycles. The van der Waals surface area contributed by atoms with Crippen LogP contribution in [0, 0.1) is 12.3 Å². The summed E-state index contributed by atoms with van der Waals surface area (Å²) < 4.78 is 7.35. The number of carbonyl (C=O) groups excluding carboxylic acids is 1. The molecule has 1 amide bonds. The maximum absolute atomic E-state index is 12.8. The number of imidazole rings is 1. The van der Waals surface area contributed by atoms with Crippen LogP contribution in [-0.2, 0) is 4.74 Å². The molecule has 2 aromatic heterocycles. The maximum atomic E-state index is 12.8. The van der Waals surface area contributed by atoms with E-state index in [1.54, 1.807) is 0 Å². The summed E-state index contributed by atoms with van der Waals surface area (Å²) in [5, 5.41) is 3.26. The van der Waals surface area contributed by atoms with Crippen LogP contribution in [-0.4, -0.2) is 34.5 Å². The average Bonchev–Trinajstić information content (AvgIpc) is 2.88. The zero-order valence-electron chi connectivity index (χ0n) is 12.8. The molecule has 3 heterocycles. The normalized spacial score (nSPS) is 23.4. The molecule has 22 heavy (non-hydrogen) atoms. The summed E-state index contributed by atoms with van der Waals surface area (Å²) >= 11 is 0. The Balaban J connectivity index is 1.58. The van der Waals surface area contributed by atoms with Crippen molar-refractivity contribution in [2.24, 2.45) is 5.41 Å². The van der Waals surface area contributed by atoms with Gasteiger partial charge in [0.25, 0.3) is 5.91 Å². The molecule has 116 valence electrons. The number of nitrogens with one attached hydrogen (secondary N) is 1. The topological polar surface area (TPSA) is 55.6 Å². The van der Waals surface area contributed by atoms with Crippen LogP contribution in [0.3, 0.4) is 0 Å². The molecule has 1 atom stereocenters.